The van der Waals surface area contributed by atoms with Gasteiger partial charge in [0.1, 0.15) is 0 Å². The molecule has 0 saturated carbocycles. The van der Waals surface area contributed by atoms with E-state index in [2.05, 4.69) is 10.6 Å². The van der Waals surface area contributed by atoms with E-state index in [4.69, 9.17) is 11.5 Å². The molecule has 0 fully saturated rings. The minimum Gasteiger partial charge on any atom is -0.368 e. The van der Waals surface area contributed by atoms with Crippen molar-refractivity contribution in [1.29, 1.82) is 0 Å². The second-order valence-electron chi connectivity index (χ2n) is 4.61. The number of carbonyl (C=O) groups excluding carboxylic acids is 3. The fraction of sp³-hybridized carbons (Fsp3) is 0.357. The molecule has 0 heterocycles. The van der Waals surface area contributed by atoms with Crippen LogP contribution in [0.25, 0.3) is 0 Å². The number of amides is 3. The second-order valence-corrected chi connectivity index (χ2v) is 4.61. The molecule has 0 aliphatic heterocycles. The summed E-state index contributed by atoms with van der Waals surface area (Å²) in [6.45, 7) is 1.70. The van der Waals surface area contributed by atoms with Crippen LogP contribution in [0.4, 0.5) is 5.69 Å². The van der Waals surface area contributed by atoms with Gasteiger partial charge in [-0.3, -0.25) is 14.4 Å². The lowest BCUT2D eigenvalue weighted by atomic mass is 10.1. The SMILES string of the molecule is CCCC(N)C(=O)Nc1cccc(C(=O)NCC(N)=O)c1. The van der Waals surface area contributed by atoms with Crippen LogP contribution in [0.2, 0.25) is 0 Å². The van der Waals surface area contributed by atoms with E-state index in [9.17, 15) is 14.4 Å². The highest BCUT2D eigenvalue weighted by atomic mass is 16.2. The Kier molecular flexibility index (Phi) is 6.35. The summed E-state index contributed by atoms with van der Waals surface area (Å²) in [5.41, 5.74) is 11.5. The molecule has 0 spiro atoms. The number of hydrogen-bond acceptors (Lipinski definition) is 4. The molecular formula is C14H20N4O3. The second kappa shape index (κ2) is 8.01. The van der Waals surface area contributed by atoms with Crippen LogP contribution in [0.3, 0.4) is 0 Å². The van der Waals surface area contributed by atoms with E-state index in [1.807, 2.05) is 6.92 Å². The Morgan fingerprint density at radius 2 is 2.00 bits per heavy atom. The minimum atomic E-state index is -0.627. The fourth-order valence-electron chi connectivity index (χ4n) is 1.68. The van der Waals surface area contributed by atoms with Crippen LogP contribution in [0, 0.1) is 0 Å². The number of nitrogens with one attached hydrogen (secondary N) is 2. The van der Waals surface area contributed by atoms with Crippen LogP contribution in [-0.2, 0) is 9.59 Å². The summed E-state index contributed by atoms with van der Waals surface area (Å²) in [7, 11) is 0. The largest absolute Gasteiger partial charge is 0.368 e. The van der Waals surface area contributed by atoms with Gasteiger partial charge in [-0.15, -0.1) is 0 Å². The van der Waals surface area contributed by atoms with Crippen LogP contribution in [0.5, 0.6) is 0 Å². The first kappa shape index (κ1) is 16.6. The maximum absolute atomic E-state index is 11.8. The molecule has 0 bridgehead atoms. The number of rotatable bonds is 7. The van der Waals surface area contributed by atoms with E-state index in [1.54, 1.807) is 18.2 Å². The third-order valence-corrected chi connectivity index (χ3v) is 2.75. The van der Waals surface area contributed by atoms with E-state index >= 15 is 0 Å². The Bertz CT molecular complexity index is 531. The molecule has 1 rings (SSSR count). The summed E-state index contributed by atoms with van der Waals surface area (Å²) < 4.78 is 0. The first-order valence-corrected chi connectivity index (χ1v) is 6.67. The number of primary amides is 1. The van der Waals surface area contributed by atoms with E-state index in [0.29, 0.717) is 17.7 Å². The van der Waals surface area contributed by atoms with Crippen LogP contribution in [0.1, 0.15) is 30.1 Å². The maximum Gasteiger partial charge on any atom is 0.251 e. The zero-order valence-corrected chi connectivity index (χ0v) is 11.9. The summed E-state index contributed by atoms with van der Waals surface area (Å²) >= 11 is 0. The molecule has 1 atom stereocenters. The highest BCUT2D eigenvalue weighted by Crippen LogP contribution is 2.11. The highest BCUT2D eigenvalue weighted by Gasteiger charge is 2.13. The molecular weight excluding hydrogens is 272 g/mol. The van der Waals surface area contributed by atoms with Crippen molar-refractivity contribution in [1.82, 2.24) is 5.32 Å². The van der Waals surface area contributed by atoms with Crippen LogP contribution < -0.4 is 22.1 Å². The summed E-state index contributed by atoms with van der Waals surface area (Å²) in [5, 5.41) is 5.02. The predicted octanol–water partition coefficient (Wildman–Crippen LogP) is -0.0324. The Morgan fingerprint density at radius 1 is 1.29 bits per heavy atom. The van der Waals surface area contributed by atoms with Gasteiger partial charge in [-0.1, -0.05) is 19.4 Å². The Labute approximate surface area is 123 Å². The topological polar surface area (TPSA) is 127 Å². The molecule has 0 aromatic heterocycles. The van der Waals surface area contributed by atoms with E-state index in [-0.39, 0.29) is 12.5 Å². The van der Waals surface area contributed by atoms with E-state index in [1.165, 1.54) is 6.07 Å². The molecule has 7 heteroatoms. The zero-order valence-electron chi connectivity index (χ0n) is 11.9. The molecule has 1 aromatic carbocycles. The number of benzene rings is 1. The van der Waals surface area contributed by atoms with Crippen molar-refractivity contribution in [3.8, 4) is 0 Å². The fourth-order valence-corrected chi connectivity index (χ4v) is 1.68. The molecule has 0 aliphatic rings. The molecule has 0 saturated heterocycles. The smallest absolute Gasteiger partial charge is 0.251 e. The van der Waals surface area contributed by atoms with Gasteiger partial charge in [0.25, 0.3) is 5.91 Å². The molecule has 3 amide bonds. The van der Waals surface area contributed by atoms with Crippen molar-refractivity contribution in [2.24, 2.45) is 11.5 Å². The quantitative estimate of drug-likeness (QED) is 0.562. The summed E-state index contributed by atoms with van der Waals surface area (Å²) in [4.78, 5) is 34.2. The summed E-state index contributed by atoms with van der Waals surface area (Å²) in [5.74, 6) is -1.37. The highest BCUT2D eigenvalue weighted by molar-refractivity contribution is 5.99. The minimum absolute atomic E-state index is 0.239. The average molecular weight is 292 g/mol. The van der Waals surface area contributed by atoms with Gasteiger partial charge >= 0.3 is 0 Å². The van der Waals surface area contributed by atoms with E-state index < -0.39 is 17.9 Å². The monoisotopic (exact) mass is 292 g/mol. The van der Waals surface area contributed by atoms with Gasteiger partial charge in [-0.2, -0.15) is 0 Å². The predicted molar refractivity (Wildman–Crippen MR) is 79.5 cm³/mol. The molecule has 0 radical (unpaired) electrons. The molecule has 0 aliphatic carbocycles. The van der Waals surface area contributed by atoms with Crippen molar-refractivity contribution in [2.45, 2.75) is 25.8 Å². The van der Waals surface area contributed by atoms with Crippen LogP contribution >= 0.6 is 0 Å². The van der Waals surface area contributed by atoms with Gasteiger partial charge in [-0.25, -0.2) is 0 Å². The zero-order chi connectivity index (χ0) is 15.8. The van der Waals surface area contributed by atoms with Gasteiger partial charge in [0, 0.05) is 11.3 Å². The first-order chi connectivity index (χ1) is 9.93. The number of anilines is 1. The van der Waals surface area contributed by atoms with Crippen molar-refractivity contribution < 1.29 is 14.4 Å². The van der Waals surface area contributed by atoms with Crippen LogP contribution in [0.15, 0.2) is 24.3 Å². The van der Waals surface area contributed by atoms with Gasteiger partial charge < -0.3 is 22.1 Å². The lowest BCUT2D eigenvalue weighted by Crippen LogP contribution is -2.35. The lowest BCUT2D eigenvalue weighted by Gasteiger charge is -2.12. The molecule has 21 heavy (non-hydrogen) atoms. The molecule has 114 valence electrons. The number of carbonyl (C=O) groups is 3. The Balaban J connectivity index is 2.70. The van der Waals surface area contributed by atoms with Gasteiger partial charge in [0.05, 0.1) is 12.6 Å². The van der Waals surface area contributed by atoms with Gasteiger partial charge in [0.2, 0.25) is 11.8 Å². The summed E-state index contributed by atoms with van der Waals surface area (Å²) in [6.07, 6.45) is 1.40. The standard InChI is InChI=1S/C14H20N4O3/c1-2-4-11(15)14(21)18-10-6-3-5-9(7-10)13(20)17-8-12(16)19/h3,5-7,11H,2,4,8,15H2,1H3,(H2,16,19)(H,17,20)(H,18,21). The number of nitrogens with two attached hydrogens (primary N) is 2. The first-order valence-electron chi connectivity index (χ1n) is 6.67. The number of hydrogen-bond donors (Lipinski definition) is 4. The Hall–Kier alpha value is -2.41. The van der Waals surface area contributed by atoms with Crippen LogP contribution in [-0.4, -0.2) is 30.3 Å². The Morgan fingerprint density at radius 3 is 2.62 bits per heavy atom. The van der Waals surface area contributed by atoms with Crippen molar-refractivity contribution in [3.05, 3.63) is 29.8 Å². The van der Waals surface area contributed by atoms with Gasteiger partial charge in [0.15, 0.2) is 0 Å². The van der Waals surface area contributed by atoms with Gasteiger partial charge in [-0.05, 0) is 24.6 Å². The maximum atomic E-state index is 11.8. The van der Waals surface area contributed by atoms with Crippen molar-refractivity contribution >= 4 is 23.4 Å². The summed E-state index contributed by atoms with van der Waals surface area (Å²) in [6, 6.07) is 5.77. The van der Waals surface area contributed by atoms with E-state index in [0.717, 1.165) is 6.42 Å². The third kappa shape index (κ3) is 5.62. The molecule has 1 aromatic rings. The molecule has 1 unspecified atom stereocenters. The normalized spacial score (nSPS) is 11.5. The third-order valence-electron chi connectivity index (χ3n) is 2.75. The van der Waals surface area contributed by atoms with Crippen molar-refractivity contribution in [3.63, 3.8) is 0 Å². The van der Waals surface area contributed by atoms with Crippen molar-refractivity contribution in [2.75, 3.05) is 11.9 Å². The lowest BCUT2D eigenvalue weighted by molar-refractivity contribution is -0.118. The molecule has 7 nitrogen and oxygen atoms in total. The molecule has 6 N–H and O–H groups in total. The average Bonchev–Trinajstić information content (AvgIpc) is 2.45.